The third-order valence-electron chi connectivity index (χ3n) is 10.2. The summed E-state index contributed by atoms with van der Waals surface area (Å²) >= 11 is 1.94. The van der Waals surface area contributed by atoms with Crippen LogP contribution in [0.1, 0.15) is 59.3 Å². The summed E-state index contributed by atoms with van der Waals surface area (Å²) in [7, 11) is 0. The van der Waals surface area contributed by atoms with E-state index >= 15 is 0 Å². The van der Waals surface area contributed by atoms with Gasteiger partial charge < -0.3 is 14.9 Å². The Bertz CT molecular complexity index is 749. The number of thioether (sulfide) groups is 1. The first-order valence-corrected chi connectivity index (χ1v) is 13.2. The Kier molecular flexibility index (Phi) is 4.97. The monoisotopic (exact) mass is 434 g/mol. The van der Waals surface area contributed by atoms with Crippen molar-refractivity contribution in [2.24, 2.45) is 46.3 Å². The Labute approximate surface area is 185 Å². The van der Waals surface area contributed by atoms with Crippen molar-refractivity contribution in [3.8, 4) is 0 Å². The van der Waals surface area contributed by atoms with E-state index in [0.29, 0.717) is 17.1 Å². The zero-order valence-electron chi connectivity index (χ0n) is 18.8. The van der Waals surface area contributed by atoms with Crippen molar-refractivity contribution in [3.63, 3.8) is 0 Å². The van der Waals surface area contributed by atoms with Gasteiger partial charge in [-0.15, -0.1) is 0 Å². The molecule has 4 nitrogen and oxygen atoms in total. The molecule has 11 atom stereocenters. The van der Waals surface area contributed by atoms with Crippen LogP contribution in [0.15, 0.2) is 12.3 Å². The number of rotatable bonds is 2. The van der Waals surface area contributed by atoms with E-state index < -0.39 is 17.6 Å². The van der Waals surface area contributed by atoms with Gasteiger partial charge in [-0.05, 0) is 73.9 Å². The predicted molar refractivity (Wildman–Crippen MR) is 119 cm³/mol. The van der Waals surface area contributed by atoms with Crippen LogP contribution >= 0.6 is 11.8 Å². The Morgan fingerprint density at radius 1 is 1.17 bits per heavy atom. The molecule has 5 rings (SSSR count). The molecule has 5 heteroatoms. The second-order valence-corrected chi connectivity index (χ2v) is 12.5. The van der Waals surface area contributed by atoms with Crippen molar-refractivity contribution in [3.05, 3.63) is 12.3 Å². The van der Waals surface area contributed by atoms with Crippen molar-refractivity contribution in [2.45, 2.75) is 82.9 Å². The van der Waals surface area contributed by atoms with Crippen LogP contribution in [0.3, 0.4) is 0 Å². The van der Waals surface area contributed by atoms with Crippen LogP contribution in [0.25, 0.3) is 0 Å². The minimum Gasteiger partial charge on any atom is -0.493 e. The van der Waals surface area contributed by atoms with Gasteiger partial charge in [-0.2, -0.15) is 11.8 Å². The number of hydrogen-bond donors (Lipinski definition) is 2. The van der Waals surface area contributed by atoms with Crippen molar-refractivity contribution >= 4 is 17.5 Å². The maximum Gasteiger partial charge on any atom is 0.142 e. The summed E-state index contributed by atoms with van der Waals surface area (Å²) in [5, 5.41) is 23.9. The molecule has 0 aromatic rings. The maximum absolute atomic E-state index is 13.3. The lowest BCUT2D eigenvalue weighted by atomic mass is 9.42. The zero-order valence-corrected chi connectivity index (χ0v) is 19.7. The normalized spacial score (nSPS) is 53.9. The molecule has 168 valence electrons. The fraction of sp³-hybridized carbons (Fsp3) is 0.880. The van der Waals surface area contributed by atoms with E-state index in [9.17, 15) is 15.0 Å². The van der Waals surface area contributed by atoms with E-state index in [1.54, 1.807) is 6.92 Å². The molecular formula is C25H38O4S. The standard InChI is InChI=1S/C25H38O4S/c1-12-16-9-10-17-18-14-7-6-8-15(11-14)23(30-5)24(3,4)19(18)20(27)21(28)25(17,13(2)26)22(16)29-12/h14-23,27-28H,1,6-11H2,2-5H3. The van der Waals surface area contributed by atoms with Crippen LogP contribution in [-0.4, -0.2) is 45.8 Å². The van der Waals surface area contributed by atoms with E-state index in [2.05, 4.69) is 26.7 Å². The quantitative estimate of drug-likeness (QED) is 0.686. The molecule has 2 bridgehead atoms. The van der Waals surface area contributed by atoms with Gasteiger partial charge in [0.2, 0.25) is 0 Å². The molecule has 0 radical (unpaired) electrons. The lowest BCUT2D eigenvalue weighted by Crippen LogP contribution is -2.74. The van der Waals surface area contributed by atoms with Crippen molar-refractivity contribution in [2.75, 3.05) is 6.26 Å². The first-order chi connectivity index (χ1) is 14.2. The highest BCUT2D eigenvalue weighted by Gasteiger charge is 2.73. The van der Waals surface area contributed by atoms with E-state index in [0.717, 1.165) is 18.6 Å². The number of aliphatic hydroxyl groups excluding tert-OH is 2. The fourth-order valence-corrected chi connectivity index (χ4v) is 10.6. The largest absolute Gasteiger partial charge is 0.493 e. The summed E-state index contributed by atoms with van der Waals surface area (Å²) < 4.78 is 6.01. The summed E-state index contributed by atoms with van der Waals surface area (Å²) in [6.45, 7) is 10.3. The molecule has 5 aliphatic rings. The lowest BCUT2D eigenvalue weighted by molar-refractivity contribution is -0.273. The van der Waals surface area contributed by atoms with Crippen LogP contribution < -0.4 is 0 Å². The Hall–Kier alpha value is -0.520. The highest BCUT2D eigenvalue weighted by molar-refractivity contribution is 7.99. The number of carbonyl (C=O) groups excluding carboxylic acids is 1. The summed E-state index contributed by atoms with van der Waals surface area (Å²) in [6, 6.07) is 0. The first kappa shape index (κ1) is 21.3. The highest BCUT2D eigenvalue weighted by Crippen LogP contribution is 2.68. The molecule has 0 aromatic heterocycles. The second-order valence-electron chi connectivity index (χ2n) is 11.5. The molecule has 30 heavy (non-hydrogen) atoms. The van der Waals surface area contributed by atoms with Gasteiger partial charge in [0.25, 0.3) is 0 Å². The van der Waals surface area contributed by atoms with Gasteiger partial charge in [0.1, 0.15) is 11.9 Å². The fourth-order valence-electron chi connectivity index (χ4n) is 9.25. The molecule has 0 spiro atoms. The number of aliphatic hydroxyl groups is 2. The van der Waals surface area contributed by atoms with Crippen LogP contribution in [0.4, 0.5) is 0 Å². The zero-order chi connectivity index (χ0) is 21.6. The predicted octanol–water partition coefficient (Wildman–Crippen LogP) is 4.05. The van der Waals surface area contributed by atoms with Gasteiger partial charge in [-0.25, -0.2) is 0 Å². The van der Waals surface area contributed by atoms with Gasteiger partial charge in [-0.3, -0.25) is 4.79 Å². The summed E-state index contributed by atoms with van der Waals surface area (Å²) in [5.74, 6) is 2.43. The van der Waals surface area contributed by atoms with E-state index in [-0.39, 0.29) is 41.0 Å². The number of ketones is 1. The van der Waals surface area contributed by atoms with Crippen molar-refractivity contribution in [1.29, 1.82) is 0 Å². The van der Waals surface area contributed by atoms with Crippen LogP contribution in [-0.2, 0) is 9.53 Å². The third-order valence-corrected chi connectivity index (χ3v) is 11.7. The van der Waals surface area contributed by atoms with Crippen molar-refractivity contribution in [1.82, 2.24) is 0 Å². The minimum absolute atomic E-state index is 0.00414. The maximum atomic E-state index is 13.3. The van der Waals surface area contributed by atoms with Gasteiger partial charge >= 0.3 is 0 Å². The summed E-state index contributed by atoms with van der Waals surface area (Å²) in [5.41, 5.74) is -1.09. The van der Waals surface area contributed by atoms with Crippen LogP contribution in [0, 0.1) is 46.3 Å². The SMILES string of the molecule is C=C1OC2C1CCC1C3C4CCCC(C4)C(SC)C(C)(C)C3C(O)C(O)C12C(C)=O. The number of carbonyl (C=O) groups is 1. The number of ether oxygens (including phenoxy) is 1. The lowest BCUT2D eigenvalue weighted by Gasteiger charge is -2.66. The molecule has 4 saturated carbocycles. The van der Waals surface area contributed by atoms with Gasteiger partial charge in [0, 0.05) is 5.25 Å². The average molecular weight is 435 g/mol. The number of Topliss-reactive ketones (excluding diaryl/α,β-unsaturated/α-hetero) is 1. The minimum atomic E-state index is -1.07. The molecule has 1 saturated heterocycles. The summed E-state index contributed by atoms with van der Waals surface area (Å²) in [4.78, 5) is 13.3. The van der Waals surface area contributed by atoms with E-state index in [1.807, 2.05) is 11.8 Å². The molecule has 2 N–H and O–H groups in total. The average Bonchev–Trinajstić information content (AvgIpc) is 2.75. The molecular weight excluding hydrogens is 396 g/mol. The second kappa shape index (κ2) is 6.99. The molecule has 0 aromatic carbocycles. The molecule has 0 amide bonds. The van der Waals surface area contributed by atoms with Crippen molar-refractivity contribution < 1.29 is 19.7 Å². The topological polar surface area (TPSA) is 66.8 Å². The number of fused-ring (bicyclic) bond motifs is 8. The molecule has 4 aliphatic carbocycles. The first-order valence-electron chi connectivity index (χ1n) is 11.9. The molecule has 1 aliphatic heterocycles. The third kappa shape index (κ3) is 2.46. The van der Waals surface area contributed by atoms with Gasteiger partial charge in [-0.1, -0.05) is 33.3 Å². The highest BCUT2D eigenvalue weighted by atomic mass is 32.2. The Morgan fingerprint density at radius 2 is 1.87 bits per heavy atom. The van der Waals surface area contributed by atoms with Gasteiger partial charge in [0.05, 0.1) is 29.3 Å². The molecule has 11 unspecified atom stereocenters. The number of hydrogen-bond acceptors (Lipinski definition) is 5. The van der Waals surface area contributed by atoms with E-state index in [1.165, 1.54) is 25.7 Å². The van der Waals surface area contributed by atoms with E-state index in [4.69, 9.17) is 4.74 Å². The summed E-state index contributed by atoms with van der Waals surface area (Å²) in [6.07, 6.45) is 6.72. The van der Waals surface area contributed by atoms with Crippen LogP contribution in [0.5, 0.6) is 0 Å². The Balaban J connectivity index is 1.67. The Morgan fingerprint density at radius 3 is 2.50 bits per heavy atom. The van der Waals surface area contributed by atoms with Crippen LogP contribution in [0.2, 0.25) is 0 Å². The molecule has 5 fully saturated rings. The molecule has 1 heterocycles. The smallest absolute Gasteiger partial charge is 0.142 e. The van der Waals surface area contributed by atoms with Gasteiger partial charge in [0.15, 0.2) is 0 Å².